The number of piperidine rings is 1. The minimum Gasteiger partial charge on any atom is -0.381 e. The predicted octanol–water partition coefficient (Wildman–Crippen LogP) is 1.55. The van der Waals surface area contributed by atoms with Gasteiger partial charge in [0.2, 0.25) is 5.91 Å². The molecule has 2 heterocycles. The first-order valence-corrected chi connectivity index (χ1v) is 6.95. The van der Waals surface area contributed by atoms with Crippen molar-refractivity contribution >= 4 is 5.91 Å². The molecule has 0 aromatic heterocycles. The normalized spacial score (nSPS) is 22.5. The average molecular weight is 244 g/mol. The maximum absolute atomic E-state index is 11.9. The fraction of sp³-hybridized carbons (Fsp3) is 0.923. The summed E-state index contributed by atoms with van der Waals surface area (Å²) in [4.78, 5) is 11.9. The highest BCUT2D eigenvalue weighted by Crippen LogP contribution is 2.15. The smallest absolute Gasteiger partial charge is 0.223 e. The van der Waals surface area contributed by atoms with E-state index in [1.807, 2.05) is 13.8 Å². The Hall–Kier alpha value is -0.610. The fourth-order valence-corrected chi connectivity index (χ4v) is 2.25. The standard InChI is InChI=1S/C11H20N2O2.C2H6.H2/c14-11(9-3-7-15-8-4-9)13-10-1-5-12-6-2-10;1-2;/h9-10,12H,1-8H2,(H,13,14);1-2H3;1H. The Morgan fingerprint density at radius 1 is 1.18 bits per heavy atom. The second kappa shape index (κ2) is 8.48. The van der Waals surface area contributed by atoms with E-state index in [1.165, 1.54) is 0 Å². The highest BCUT2D eigenvalue weighted by atomic mass is 16.5. The molecule has 102 valence electrons. The Balaban J connectivity index is 0.000000917. The molecule has 0 aliphatic carbocycles. The summed E-state index contributed by atoms with van der Waals surface area (Å²) in [5.41, 5.74) is 0. The topological polar surface area (TPSA) is 50.4 Å². The van der Waals surface area contributed by atoms with Crippen molar-refractivity contribution in [2.75, 3.05) is 26.3 Å². The summed E-state index contributed by atoms with van der Waals surface area (Å²) in [5, 5.41) is 6.45. The molecule has 17 heavy (non-hydrogen) atoms. The van der Waals surface area contributed by atoms with Crippen molar-refractivity contribution in [3.05, 3.63) is 0 Å². The molecule has 0 spiro atoms. The molecule has 0 bridgehead atoms. The van der Waals surface area contributed by atoms with Crippen molar-refractivity contribution in [3.8, 4) is 0 Å². The lowest BCUT2D eigenvalue weighted by Gasteiger charge is -2.27. The molecule has 2 rings (SSSR count). The molecule has 2 saturated heterocycles. The summed E-state index contributed by atoms with van der Waals surface area (Å²) >= 11 is 0. The van der Waals surface area contributed by atoms with Crippen LogP contribution in [0.5, 0.6) is 0 Å². The molecule has 0 radical (unpaired) electrons. The second-order valence-corrected chi connectivity index (χ2v) is 4.42. The van der Waals surface area contributed by atoms with Gasteiger partial charge in [0.15, 0.2) is 0 Å². The number of nitrogens with one attached hydrogen (secondary N) is 2. The van der Waals surface area contributed by atoms with E-state index >= 15 is 0 Å². The molecular formula is C13H28N2O2. The Kier molecular flexibility index (Phi) is 7.21. The molecule has 2 aliphatic rings. The third kappa shape index (κ3) is 5.04. The predicted molar refractivity (Wildman–Crippen MR) is 71.0 cm³/mol. The van der Waals surface area contributed by atoms with Gasteiger partial charge in [0.1, 0.15) is 0 Å². The van der Waals surface area contributed by atoms with Crippen LogP contribution < -0.4 is 10.6 Å². The van der Waals surface area contributed by atoms with Gasteiger partial charge in [-0.3, -0.25) is 4.79 Å². The maximum atomic E-state index is 11.9. The summed E-state index contributed by atoms with van der Waals surface area (Å²) in [5.74, 6) is 0.429. The van der Waals surface area contributed by atoms with E-state index in [0.717, 1.165) is 52.0 Å². The summed E-state index contributed by atoms with van der Waals surface area (Å²) in [6, 6.07) is 0.390. The van der Waals surface area contributed by atoms with Crippen LogP contribution in [-0.2, 0) is 9.53 Å². The van der Waals surface area contributed by atoms with E-state index < -0.39 is 0 Å². The number of rotatable bonds is 2. The quantitative estimate of drug-likeness (QED) is 0.775. The number of carbonyl (C=O) groups excluding carboxylic acids is 1. The van der Waals surface area contributed by atoms with E-state index in [9.17, 15) is 4.79 Å². The van der Waals surface area contributed by atoms with Gasteiger partial charge >= 0.3 is 0 Å². The van der Waals surface area contributed by atoms with Gasteiger partial charge < -0.3 is 15.4 Å². The van der Waals surface area contributed by atoms with Crippen molar-refractivity contribution in [2.24, 2.45) is 5.92 Å². The number of ether oxygens (including phenoxy) is 1. The summed E-state index contributed by atoms with van der Waals surface area (Å²) in [7, 11) is 0. The first-order chi connectivity index (χ1) is 8.36. The van der Waals surface area contributed by atoms with Crippen LogP contribution in [0.4, 0.5) is 0 Å². The Labute approximate surface area is 106 Å². The van der Waals surface area contributed by atoms with Gasteiger partial charge in [0.25, 0.3) is 0 Å². The maximum Gasteiger partial charge on any atom is 0.223 e. The van der Waals surface area contributed by atoms with Crippen LogP contribution >= 0.6 is 0 Å². The van der Waals surface area contributed by atoms with Crippen molar-refractivity contribution in [3.63, 3.8) is 0 Å². The van der Waals surface area contributed by atoms with Gasteiger partial charge in [-0.2, -0.15) is 0 Å². The van der Waals surface area contributed by atoms with Gasteiger partial charge in [-0.05, 0) is 38.8 Å². The molecule has 0 aromatic rings. The van der Waals surface area contributed by atoms with Gasteiger partial charge in [-0.15, -0.1) is 0 Å². The lowest BCUT2D eigenvalue weighted by atomic mass is 9.98. The third-order valence-electron chi connectivity index (χ3n) is 3.28. The number of hydrogen-bond donors (Lipinski definition) is 2. The molecular weight excluding hydrogens is 216 g/mol. The minimum absolute atomic E-state index is 0. The molecule has 2 fully saturated rings. The zero-order valence-corrected chi connectivity index (χ0v) is 11.1. The Morgan fingerprint density at radius 3 is 2.35 bits per heavy atom. The van der Waals surface area contributed by atoms with Crippen molar-refractivity contribution in [1.29, 1.82) is 0 Å². The zero-order chi connectivity index (χ0) is 12.5. The first kappa shape index (κ1) is 14.5. The molecule has 0 aromatic carbocycles. The average Bonchev–Trinajstić information content (AvgIpc) is 2.43. The van der Waals surface area contributed by atoms with E-state index in [4.69, 9.17) is 4.74 Å². The fourth-order valence-electron chi connectivity index (χ4n) is 2.25. The molecule has 0 saturated carbocycles. The van der Waals surface area contributed by atoms with Gasteiger partial charge in [0, 0.05) is 26.6 Å². The second-order valence-electron chi connectivity index (χ2n) is 4.42. The van der Waals surface area contributed by atoms with Crippen molar-refractivity contribution in [2.45, 2.75) is 45.6 Å². The van der Waals surface area contributed by atoms with E-state index in [1.54, 1.807) is 0 Å². The molecule has 0 unspecified atom stereocenters. The van der Waals surface area contributed by atoms with Crippen LogP contribution in [0.25, 0.3) is 0 Å². The first-order valence-electron chi connectivity index (χ1n) is 6.95. The summed E-state index contributed by atoms with van der Waals surface area (Å²) < 4.78 is 5.25. The van der Waals surface area contributed by atoms with Crippen LogP contribution in [0, 0.1) is 5.92 Å². The summed E-state index contributed by atoms with van der Waals surface area (Å²) in [6.07, 6.45) is 3.90. The number of carbonyl (C=O) groups is 1. The highest BCUT2D eigenvalue weighted by Gasteiger charge is 2.24. The molecule has 1 amide bonds. The van der Waals surface area contributed by atoms with E-state index in [0.29, 0.717) is 6.04 Å². The third-order valence-corrected chi connectivity index (χ3v) is 3.28. The van der Waals surface area contributed by atoms with Crippen LogP contribution in [0.1, 0.15) is 41.0 Å². The van der Waals surface area contributed by atoms with Gasteiger partial charge in [-0.25, -0.2) is 0 Å². The van der Waals surface area contributed by atoms with Crippen LogP contribution in [0.2, 0.25) is 0 Å². The lowest BCUT2D eigenvalue weighted by Crippen LogP contribution is -2.45. The van der Waals surface area contributed by atoms with E-state index in [-0.39, 0.29) is 13.3 Å². The number of amides is 1. The molecule has 4 heteroatoms. The molecule has 2 N–H and O–H groups in total. The van der Waals surface area contributed by atoms with Gasteiger partial charge in [-0.1, -0.05) is 13.8 Å². The SMILES string of the molecule is CC.O=C(NC1CCNCC1)C1CCOCC1.[HH]. The Morgan fingerprint density at radius 2 is 1.76 bits per heavy atom. The molecule has 4 nitrogen and oxygen atoms in total. The zero-order valence-electron chi connectivity index (χ0n) is 11.1. The highest BCUT2D eigenvalue weighted by molar-refractivity contribution is 5.79. The van der Waals surface area contributed by atoms with Crippen molar-refractivity contribution < 1.29 is 11.0 Å². The van der Waals surface area contributed by atoms with Gasteiger partial charge in [0.05, 0.1) is 0 Å². The van der Waals surface area contributed by atoms with E-state index in [2.05, 4.69) is 10.6 Å². The number of hydrogen-bond acceptors (Lipinski definition) is 3. The minimum atomic E-state index is 0. The van der Waals surface area contributed by atoms with Crippen molar-refractivity contribution in [1.82, 2.24) is 10.6 Å². The molecule has 0 atom stereocenters. The monoisotopic (exact) mass is 244 g/mol. The lowest BCUT2D eigenvalue weighted by molar-refractivity contribution is -0.128. The van der Waals surface area contributed by atoms with Crippen LogP contribution in [-0.4, -0.2) is 38.3 Å². The van der Waals surface area contributed by atoms with Crippen LogP contribution in [0.15, 0.2) is 0 Å². The molecule has 2 aliphatic heterocycles. The Bertz CT molecular complexity index is 215. The van der Waals surface area contributed by atoms with Crippen LogP contribution in [0.3, 0.4) is 0 Å². The summed E-state index contributed by atoms with van der Waals surface area (Å²) in [6.45, 7) is 7.53. The largest absolute Gasteiger partial charge is 0.381 e.